The number of benzene rings is 1. The summed E-state index contributed by atoms with van der Waals surface area (Å²) in [6.45, 7) is 1.12. The van der Waals surface area contributed by atoms with E-state index >= 15 is 0 Å². The summed E-state index contributed by atoms with van der Waals surface area (Å²) in [4.78, 5) is -3.29. The van der Waals surface area contributed by atoms with E-state index in [9.17, 15) is 13.9 Å². The van der Waals surface area contributed by atoms with Gasteiger partial charge in [-0.1, -0.05) is 12.1 Å². The van der Waals surface area contributed by atoms with Gasteiger partial charge in [0, 0.05) is 0 Å². The lowest BCUT2D eigenvalue weighted by Crippen LogP contribution is -2.41. The van der Waals surface area contributed by atoms with Crippen LogP contribution in [0.25, 0.3) is 0 Å². The van der Waals surface area contributed by atoms with Gasteiger partial charge in [-0.05, 0) is 53.4 Å². The van der Waals surface area contributed by atoms with Crippen LogP contribution in [0.5, 0.6) is 5.75 Å². The van der Waals surface area contributed by atoms with Crippen LogP contribution >= 0.6 is 15.9 Å². The molecular weight excluding hydrogens is 294 g/mol. The van der Waals surface area contributed by atoms with Crippen LogP contribution in [0.2, 0.25) is 0 Å². The van der Waals surface area contributed by atoms with Gasteiger partial charge in [0.2, 0.25) is 0 Å². The SMILES string of the molecule is COc1ccc(CCC(C)(O)C(F)(F)Br)cc1. The van der Waals surface area contributed by atoms with Crippen molar-refractivity contribution < 1.29 is 18.6 Å². The largest absolute Gasteiger partial charge is 0.497 e. The maximum absolute atomic E-state index is 13.0. The Morgan fingerprint density at radius 2 is 1.82 bits per heavy atom. The molecule has 1 N–H and O–H groups in total. The Balaban J connectivity index is 2.61. The van der Waals surface area contributed by atoms with Gasteiger partial charge < -0.3 is 9.84 Å². The standard InChI is InChI=1S/C12H15BrF2O2/c1-11(16,12(13,14)15)8-7-9-3-5-10(17-2)6-4-9/h3-6,16H,7-8H2,1-2H3. The van der Waals surface area contributed by atoms with Crippen molar-refractivity contribution >= 4 is 15.9 Å². The van der Waals surface area contributed by atoms with Crippen molar-refractivity contribution in [2.75, 3.05) is 7.11 Å². The number of methoxy groups -OCH3 is 1. The van der Waals surface area contributed by atoms with Crippen molar-refractivity contribution in [1.82, 2.24) is 0 Å². The summed E-state index contributed by atoms with van der Waals surface area (Å²) in [6.07, 6.45) is 0.343. The zero-order chi connectivity index (χ0) is 13.1. The molecule has 0 aliphatic heterocycles. The predicted molar refractivity (Wildman–Crippen MR) is 65.8 cm³/mol. The second-order valence-corrected chi connectivity index (χ2v) is 5.12. The Morgan fingerprint density at radius 1 is 1.29 bits per heavy atom. The molecule has 1 unspecified atom stereocenters. The molecule has 0 saturated heterocycles. The van der Waals surface area contributed by atoms with Gasteiger partial charge in [0.05, 0.1) is 7.11 Å². The molecule has 1 atom stereocenters. The maximum Gasteiger partial charge on any atom is 0.329 e. The summed E-state index contributed by atoms with van der Waals surface area (Å²) >= 11 is 2.19. The molecule has 17 heavy (non-hydrogen) atoms. The highest BCUT2D eigenvalue weighted by atomic mass is 79.9. The summed E-state index contributed by atoms with van der Waals surface area (Å²) in [6, 6.07) is 7.11. The summed E-state index contributed by atoms with van der Waals surface area (Å²) in [5.74, 6) is 0.714. The van der Waals surface area contributed by atoms with Crippen LogP contribution in [0.4, 0.5) is 8.78 Å². The lowest BCUT2D eigenvalue weighted by molar-refractivity contribution is -0.107. The van der Waals surface area contributed by atoms with Gasteiger partial charge in [0.1, 0.15) is 11.4 Å². The normalized spacial score (nSPS) is 15.4. The Bertz CT molecular complexity index is 358. The average molecular weight is 309 g/mol. The lowest BCUT2D eigenvalue weighted by Gasteiger charge is -2.28. The number of halogens is 3. The van der Waals surface area contributed by atoms with Gasteiger partial charge in [-0.3, -0.25) is 0 Å². The van der Waals surface area contributed by atoms with E-state index in [4.69, 9.17) is 4.74 Å². The van der Waals surface area contributed by atoms with Gasteiger partial charge >= 0.3 is 4.83 Å². The smallest absolute Gasteiger partial charge is 0.329 e. The third kappa shape index (κ3) is 3.92. The number of aryl methyl sites for hydroxylation is 1. The van der Waals surface area contributed by atoms with E-state index in [1.165, 1.54) is 0 Å². The number of hydrogen-bond donors (Lipinski definition) is 1. The fourth-order valence-corrected chi connectivity index (χ4v) is 1.52. The van der Waals surface area contributed by atoms with Gasteiger partial charge in [0.15, 0.2) is 0 Å². The topological polar surface area (TPSA) is 29.5 Å². The first kappa shape index (κ1) is 14.4. The minimum Gasteiger partial charge on any atom is -0.497 e. The molecule has 1 aromatic rings. The molecule has 0 aliphatic rings. The molecular formula is C12H15BrF2O2. The highest BCUT2D eigenvalue weighted by molar-refractivity contribution is 9.10. The minimum absolute atomic E-state index is 0.0302. The van der Waals surface area contributed by atoms with Crippen molar-refractivity contribution in [2.24, 2.45) is 0 Å². The minimum atomic E-state index is -3.29. The second kappa shape index (κ2) is 5.31. The van der Waals surface area contributed by atoms with Crippen LogP contribution < -0.4 is 4.74 Å². The Labute approximate surface area is 108 Å². The van der Waals surface area contributed by atoms with E-state index in [0.717, 1.165) is 12.5 Å². The van der Waals surface area contributed by atoms with E-state index in [1.807, 2.05) is 0 Å². The van der Waals surface area contributed by atoms with Gasteiger partial charge in [0.25, 0.3) is 0 Å². The van der Waals surface area contributed by atoms with Gasteiger partial charge in [-0.2, -0.15) is 8.78 Å². The van der Waals surface area contributed by atoms with Crippen LogP contribution in [-0.2, 0) is 6.42 Å². The van der Waals surface area contributed by atoms with Crippen LogP contribution in [0.1, 0.15) is 18.9 Å². The first-order valence-electron chi connectivity index (χ1n) is 5.18. The summed E-state index contributed by atoms with van der Waals surface area (Å²) in [5, 5.41) is 9.59. The number of rotatable bonds is 5. The predicted octanol–water partition coefficient (Wildman–Crippen LogP) is 3.37. The molecule has 0 radical (unpaired) electrons. The van der Waals surface area contributed by atoms with Gasteiger partial charge in [-0.15, -0.1) is 0 Å². The monoisotopic (exact) mass is 308 g/mol. The maximum atomic E-state index is 13.0. The Morgan fingerprint density at radius 3 is 2.24 bits per heavy atom. The van der Waals surface area contributed by atoms with Crippen LogP contribution in [0.3, 0.4) is 0 Å². The Hall–Kier alpha value is -0.680. The molecule has 1 rings (SSSR count). The molecule has 0 fully saturated rings. The molecule has 1 aromatic carbocycles. The molecule has 0 aromatic heterocycles. The van der Waals surface area contributed by atoms with Gasteiger partial charge in [-0.25, -0.2) is 0 Å². The molecule has 0 spiro atoms. The van der Waals surface area contributed by atoms with E-state index in [2.05, 4.69) is 15.9 Å². The lowest BCUT2D eigenvalue weighted by atomic mass is 9.97. The third-order valence-corrected chi connectivity index (χ3v) is 3.52. The molecule has 0 heterocycles. The van der Waals surface area contributed by atoms with Crippen LogP contribution in [-0.4, -0.2) is 22.6 Å². The molecule has 5 heteroatoms. The highest BCUT2D eigenvalue weighted by Crippen LogP contribution is 2.37. The third-order valence-electron chi connectivity index (χ3n) is 2.67. The molecule has 2 nitrogen and oxygen atoms in total. The van der Waals surface area contributed by atoms with E-state index in [-0.39, 0.29) is 6.42 Å². The number of ether oxygens (including phenoxy) is 1. The van der Waals surface area contributed by atoms with Crippen LogP contribution in [0, 0.1) is 0 Å². The zero-order valence-electron chi connectivity index (χ0n) is 9.71. The molecule has 0 bridgehead atoms. The highest BCUT2D eigenvalue weighted by Gasteiger charge is 2.46. The summed E-state index contributed by atoms with van der Waals surface area (Å²) in [7, 11) is 1.56. The first-order valence-corrected chi connectivity index (χ1v) is 5.97. The fraction of sp³-hybridized carbons (Fsp3) is 0.500. The van der Waals surface area contributed by atoms with Crippen molar-refractivity contribution in [3.63, 3.8) is 0 Å². The van der Waals surface area contributed by atoms with Crippen molar-refractivity contribution in [2.45, 2.75) is 30.2 Å². The zero-order valence-corrected chi connectivity index (χ0v) is 11.3. The quantitative estimate of drug-likeness (QED) is 0.845. The summed E-state index contributed by atoms with van der Waals surface area (Å²) < 4.78 is 30.9. The van der Waals surface area contributed by atoms with Crippen molar-refractivity contribution in [1.29, 1.82) is 0 Å². The molecule has 96 valence electrons. The molecule has 0 saturated carbocycles. The average Bonchev–Trinajstić information content (AvgIpc) is 2.25. The first-order chi connectivity index (χ1) is 7.76. The van der Waals surface area contributed by atoms with E-state index in [0.29, 0.717) is 12.2 Å². The summed E-state index contributed by atoms with van der Waals surface area (Å²) in [5.41, 5.74) is -1.18. The second-order valence-electron chi connectivity index (χ2n) is 4.12. The number of aliphatic hydroxyl groups is 1. The molecule has 0 aliphatic carbocycles. The van der Waals surface area contributed by atoms with E-state index < -0.39 is 10.4 Å². The number of alkyl halides is 3. The van der Waals surface area contributed by atoms with E-state index in [1.54, 1.807) is 31.4 Å². The number of hydrogen-bond acceptors (Lipinski definition) is 2. The fourth-order valence-electron chi connectivity index (χ4n) is 1.32. The molecule has 0 amide bonds. The van der Waals surface area contributed by atoms with Crippen LogP contribution in [0.15, 0.2) is 24.3 Å². The Kier molecular flexibility index (Phi) is 4.49. The van der Waals surface area contributed by atoms with Crippen molar-refractivity contribution in [3.05, 3.63) is 29.8 Å². The van der Waals surface area contributed by atoms with Crippen molar-refractivity contribution in [3.8, 4) is 5.75 Å².